The molecule has 0 aliphatic rings. The van der Waals surface area contributed by atoms with Crippen molar-refractivity contribution in [2.45, 2.75) is 6.42 Å². The van der Waals surface area contributed by atoms with E-state index in [1.54, 1.807) is 6.07 Å². The number of nitrogen functional groups attached to an aromatic ring is 1. The second-order valence-corrected chi connectivity index (χ2v) is 5.43. The molecule has 0 fully saturated rings. The summed E-state index contributed by atoms with van der Waals surface area (Å²) in [4.78, 5) is 12.0. The fourth-order valence-corrected chi connectivity index (χ4v) is 2.27. The first-order chi connectivity index (χ1) is 11.5. The smallest absolute Gasteiger partial charge is 0.168 e. The van der Waals surface area contributed by atoms with Crippen LogP contribution in [0.5, 0.6) is 0 Å². The molecule has 0 amide bonds. The van der Waals surface area contributed by atoms with E-state index in [1.165, 1.54) is 36.8 Å². The Balaban J connectivity index is 1.82. The third kappa shape index (κ3) is 3.57. The lowest BCUT2D eigenvalue weighted by Crippen LogP contribution is -2.03. The number of nitrogens with one attached hydrogen (secondary N) is 1. The molecule has 122 valence electrons. The van der Waals surface area contributed by atoms with Crippen LogP contribution in [0.4, 0.5) is 26.1 Å². The van der Waals surface area contributed by atoms with Crippen LogP contribution in [-0.2, 0) is 6.42 Å². The van der Waals surface area contributed by atoms with Crippen molar-refractivity contribution in [2.24, 2.45) is 0 Å². The summed E-state index contributed by atoms with van der Waals surface area (Å²) in [5, 5.41) is 3.11. The number of benzene rings is 1. The molecule has 0 aliphatic heterocycles. The van der Waals surface area contributed by atoms with Gasteiger partial charge in [0.2, 0.25) is 0 Å². The number of anilines is 3. The largest absolute Gasteiger partial charge is 0.381 e. The van der Waals surface area contributed by atoms with E-state index in [9.17, 15) is 8.78 Å². The van der Waals surface area contributed by atoms with Crippen LogP contribution in [-0.4, -0.2) is 15.0 Å². The van der Waals surface area contributed by atoms with Crippen molar-refractivity contribution >= 4 is 28.9 Å². The molecule has 0 bridgehead atoms. The van der Waals surface area contributed by atoms with E-state index in [0.29, 0.717) is 22.1 Å². The summed E-state index contributed by atoms with van der Waals surface area (Å²) in [5.74, 6) is -0.932. The van der Waals surface area contributed by atoms with Gasteiger partial charge in [-0.3, -0.25) is 4.98 Å². The second kappa shape index (κ2) is 6.76. The summed E-state index contributed by atoms with van der Waals surface area (Å²) in [6.07, 6.45) is 4.55. The number of halogens is 3. The molecule has 0 radical (unpaired) electrons. The molecule has 2 heterocycles. The predicted molar refractivity (Wildman–Crippen MR) is 88.1 cm³/mol. The summed E-state index contributed by atoms with van der Waals surface area (Å²) in [6.45, 7) is 0. The minimum atomic E-state index is -0.582. The number of rotatable bonds is 4. The topological polar surface area (TPSA) is 76.7 Å². The molecule has 8 heteroatoms. The molecule has 0 atom stereocenters. The molecule has 3 aromatic rings. The van der Waals surface area contributed by atoms with E-state index in [-0.39, 0.29) is 17.9 Å². The zero-order valence-corrected chi connectivity index (χ0v) is 13.1. The Morgan fingerprint density at radius 3 is 2.79 bits per heavy atom. The van der Waals surface area contributed by atoms with Gasteiger partial charge in [-0.1, -0.05) is 11.6 Å². The molecular weight excluding hydrogens is 336 g/mol. The summed E-state index contributed by atoms with van der Waals surface area (Å²) in [7, 11) is 0. The maximum Gasteiger partial charge on any atom is 0.168 e. The van der Waals surface area contributed by atoms with Crippen LogP contribution >= 0.6 is 11.6 Å². The molecule has 3 N–H and O–H groups in total. The minimum Gasteiger partial charge on any atom is -0.381 e. The van der Waals surface area contributed by atoms with E-state index in [1.807, 2.05) is 0 Å². The number of nitrogens with two attached hydrogens (primary N) is 1. The van der Waals surface area contributed by atoms with Crippen molar-refractivity contribution in [1.82, 2.24) is 15.0 Å². The maximum absolute atomic E-state index is 13.9. The number of pyridine rings is 1. The van der Waals surface area contributed by atoms with Crippen LogP contribution in [0.3, 0.4) is 0 Å². The SMILES string of the molecule is Nc1nccc(Cc2cncc(Nc3ccc(Cl)cc3F)n2)c1F. The molecule has 0 saturated carbocycles. The standard InChI is InChI=1S/C16H12ClF2N5/c17-10-1-2-13(12(18)6-10)24-14-8-21-7-11(23-14)5-9-3-4-22-16(20)15(9)19/h1-4,6-8H,5H2,(H2,20,22)(H,23,24). The molecule has 0 unspecified atom stereocenters. The molecule has 0 saturated heterocycles. The van der Waals surface area contributed by atoms with Gasteiger partial charge in [-0.05, 0) is 29.8 Å². The Bertz CT molecular complexity index is 888. The zero-order chi connectivity index (χ0) is 17.1. The van der Waals surface area contributed by atoms with Crippen molar-refractivity contribution in [3.63, 3.8) is 0 Å². The number of hydrogen-bond acceptors (Lipinski definition) is 5. The lowest BCUT2D eigenvalue weighted by Gasteiger charge is -2.09. The second-order valence-electron chi connectivity index (χ2n) is 4.99. The number of hydrogen-bond donors (Lipinski definition) is 2. The number of nitrogens with zero attached hydrogens (tertiary/aromatic N) is 3. The average molecular weight is 348 g/mol. The molecule has 1 aromatic carbocycles. The van der Waals surface area contributed by atoms with Crippen molar-refractivity contribution in [3.8, 4) is 0 Å². The van der Waals surface area contributed by atoms with Crippen molar-refractivity contribution in [1.29, 1.82) is 0 Å². The first kappa shape index (κ1) is 16.1. The van der Waals surface area contributed by atoms with Gasteiger partial charge in [0.25, 0.3) is 0 Å². The Morgan fingerprint density at radius 2 is 2.00 bits per heavy atom. The predicted octanol–water partition coefficient (Wildman–Crippen LogP) is 3.72. The van der Waals surface area contributed by atoms with E-state index >= 15 is 0 Å². The third-order valence-electron chi connectivity index (χ3n) is 3.25. The number of aromatic nitrogens is 3. The van der Waals surface area contributed by atoms with Gasteiger partial charge in [0.1, 0.15) is 11.6 Å². The maximum atomic E-state index is 13.9. The quantitative estimate of drug-likeness (QED) is 0.752. The lowest BCUT2D eigenvalue weighted by atomic mass is 10.1. The van der Waals surface area contributed by atoms with E-state index in [0.717, 1.165) is 0 Å². The zero-order valence-electron chi connectivity index (χ0n) is 12.3. The molecular formula is C16H12ClF2N5. The molecule has 2 aromatic heterocycles. The van der Waals surface area contributed by atoms with Crippen LogP contribution in [0.2, 0.25) is 5.02 Å². The summed E-state index contributed by atoms with van der Waals surface area (Å²) in [6, 6.07) is 5.76. The molecule has 24 heavy (non-hydrogen) atoms. The Morgan fingerprint density at radius 1 is 1.17 bits per heavy atom. The molecule has 0 spiro atoms. The minimum absolute atomic E-state index is 0.169. The van der Waals surface area contributed by atoms with Gasteiger partial charge in [0.15, 0.2) is 11.6 Å². The summed E-state index contributed by atoms with van der Waals surface area (Å²) < 4.78 is 27.7. The van der Waals surface area contributed by atoms with Gasteiger partial charge in [-0.2, -0.15) is 0 Å². The molecule has 5 nitrogen and oxygen atoms in total. The third-order valence-corrected chi connectivity index (χ3v) is 3.48. The molecule has 3 rings (SSSR count). The van der Waals surface area contributed by atoms with Crippen LogP contribution < -0.4 is 11.1 Å². The van der Waals surface area contributed by atoms with Gasteiger partial charge in [-0.15, -0.1) is 0 Å². The van der Waals surface area contributed by atoms with Crippen LogP contribution in [0.1, 0.15) is 11.3 Å². The van der Waals surface area contributed by atoms with Gasteiger partial charge >= 0.3 is 0 Å². The van der Waals surface area contributed by atoms with Gasteiger partial charge in [0, 0.05) is 23.8 Å². The van der Waals surface area contributed by atoms with E-state index < -0.39 is 11.6 Å². The normalized spacial score (nSPS) is 10.6. The summed E-state index contributed by atoms with van der Waals surface area (Å²) in [5.41, 5.74) is 6.51. The fraction of sp³-hybridized carbons (Fsp3) is 0.0625. The van der Waals surface area contributed by atoms with Crippen molar-refractivity contribution in [3.05, 3.63) is 70.8 Å². The summed E-state index contributed by atoms with van der Waals surface area (Å²) >= 11 is 5.72. The Labute approximate surface area is 141 Å². The van der Waals surface area contributed by atoms with Crippen molar-refractivity contribution < 1.29 is 8.78 Å². The first-order valence-electron chi connectivity index (χ1n) is 6.95. The fourth-order valence-electron chi connectivity index (χ4n) is 2.11. The van der Waals surface area contributed by atoms with Crippen LogP contribution in [0.15, 0.2) is 42.9 Å². The highest BCUT2D eigenvalue weighted by molar-refractivity contribution is 6.30. The first-order valence-corrected chi connectivity index (χ1v) is 7.32. The highest BCUT2D eigenvalue weighted by atomic mass is 35.5. The van der Waals surface area contributed by atoms with Crippen LogP contribution in [0.25, 0.3) is 0 Å². The average Bonchev–Trinajstić information content (AvgIpc) is 2.55. The Kier molecular flexibility index (Phi) is 4.52. The Hall–Kier alpha value is -2.80. The van der Waals surface area contributed by atoms with E-state index in [2.05, 4.69) is 20.3 Å². The van der Waals surface area contributed by atoms with Gasteiger partial charge in [-0.25, -0.2) is 18.7 Å². The van der Waals surface area contributed by atoms with Crippen LogP contribution in [0, 0.1) is 11.6 Å². The van der Waals surface area contributed by atoms with Gasteiger partial charge in [0.05, 0.1) is 17.6 Å². The highest BCUT2D eigenvalue weighted by Gasteiger charge is 2.10. The molecule has 0 aliphatic carbocycles. The highest BCUT2D eigenvalue weighted by Crippen LogP contribution is 2.22. The monoisotopic (exact) mass is 347 g/mol. The van der Waals surface area contributed by atoms with Gasteiger partial charge < -0.3 is 11.1 Å². The lowest BCUT2D eigenvalue weighted by molar-refractivity contribution is 0.612. The van der Waals surface area contributed by atoms with E-state index in [4.69, 9.17) is 17.3 Å². The van der Waals surface area contributed by atoms with Crippen molar-refractivity contribution in [2.75, 3.05) is 11.1 Å².